The number of fused-ring (bicyclic) bond motifs is 1. The van der Waals surface area contributed by atoms with E-state index in [-0.39, 0.29) is 11.6 Å². The molecule has 0 aromatic heterocycles. The summed E-state index contributed by atoms with van der Waals surface area (Å²) in [6.45, 7) is 5.69. The van der Waals surface area contributed by atoms with Crippen LogP contribution in [0.1, 0.15) is 55.6 Å². The predicted molar refractivity (Wildman–Crippen MR) is 108 cm³/mol. The zero-order chi connectivity index (χ0) is 19.0. The molecule has 0 N–H and O–H groups in total. The highest BCUT2D eigenvalue weighted by atomic mass is 19.1. The fourth-order valence-electron chi connectivity index (χ4n) is 5.22. The molecule has 2 aromatic carbocycles. The Balaban J connectivity index is 1.51. The van der Waals surface area contributed by atoms with Crippen molar-refractivity contribution < 1.29 is 8.78 Å². The van der Waals surface area contributed by atoms with Crippen LogP contribution in [0.25, 0.3) is 11.1 Å². The van der Waals surface area contributed by atoms with E-state index in [4.69, 9.17) is 0 Å². The smallest absolute Gasteiger partial charge is 0.131 e. The lowest BCUT2D eigenvalue weighted by Crippen LogP contribution is -2.29. The molecule has 2 aliphatic carbocycles. The number of benzene rings is 2. The van der Waals surface area contributed by atoms with E-state index in [1.807, 2.05) is 6.07 Å². The van der Waals surface area contributed by atoms with Crippen LogP contribution in [-0.2, 0) is 0 Å². The summed E-state index contributed by atoms with van der Waals surface area (Å²) in [6, 6.07) is 10.5. The molecular weight excluding hydrogens is 338 g/mol. The van der Waals surface area contributed by atoms with Crippen LogP contribution >= 0.6 is 0 Å². The highest BCUT2D eigenvalue weighted by molar-refractivity contribution is 5.65. The van der Waals surface area contributed by atoms with Crippen molar-refractivity contribution in [1.82, 2.24) is 0 Å². The fraction of sp³-hybridized carbons (Fsp3) is 0.440. The second-order valence-corrected chi connectivity index (χ2v) is 8.54. The molecule has 0 aliphatic heterocycles. The topological polar surface area (TPSA) is 0 Å². The number of rotatable bonds is 3. The van der Waals surface area contributed by atoms with Crippen LogP contribution in [0.5, 0.6) is 0 Å². The molecule has 2 heteroatoms. The predicted octanol–water partition coefficient (Wildman–Crippen LogP) is 7.43. The third-order valence-corrected chi connectivity index (χ3v) is 6.93. The highest BCUT2D eigenvalue weighted by Gasteiger charge is 2.35. The number of hydrogen-bond donors (Lipinski definition) is 0. The van der Waals surface area contributed by atoms with Gasteiger partial charge in [-0.25, -0.2) is 8.78 Å². The van der Waals surface area contributed by atoms with Gasteiger partial charge in [-0.05, 0) is 97.9 Å². The normalized spacial score (nSPS) is 27.8. The van der Waals surface area contributed by atoms with Gasteiger partial charge in [-0.3, -0.25) is 0 Å². The number of halogens is 2. The Hall–Kier alpha value is -1.96. The van der Waals surface area contributed by atoms with Crippen molar-refractivity contribution in [2.75, 3.05) is 0 Å². The van der Waals surface area contributed by atoms with E-state index in [1.165, 1.54) is 38.2 Å². The molecule has 0 saturated heterocycles. The van der Waals surface area contributed by atoms with Crippen LogP contribution in [0.15, 0.2) is 49.1 Å². The fourth-order valence-corrected chi connectivity index (χ4v) is 5.22. The number of allylic oxidation sites excluding steroid dienone is 1. The van der Waals surface area contributed by atoms with Crippen LogP contribution in [0.3, 0.4) is 0 Å². The van der Waals surface area contributed by atoms with Gasteiger partial charge in [0.1, 0.15) is 11.6 Å². The number of hydrogen-bond acceptors (Lipinski definition) is 0. The largest absolute Gasteiger partial charge is 0.207 e. The molecule has 0 amide bonds. The molecule has 2 aliphatic rings. The van der Waals surface area contributed by atoms with Gasteiger partial charge in [-0.2, -0.15) is 0 Å². The van der Waals surface area contributed by atoms with Gasteiger partial charge in [0.05, 0.1) is 0 Å². The standard InChI is InChI=1S/C25H28F2/c1-3-17-5-7-19-13-20(9-8-18(19)12-17)21-10-11-23(25(27)14-21)22-6-4-16(2)24(26)15-22/h3-4,6,10-11,14-15,17-20H,1,5,7-9,12-13H2,2H3. The highest BCUT2D eigenvalue weighted by Crippen LogP contribution is 2.48. The Morgan fingerprint density at radius 3 is 2.41 bits per heavy atom. The number of aryl methyl sites for hydroxylation is 1. The average Bonchev–Trinajstić information content (AvgIpc) is 2.69. The van der Waals surface area contributed by atoms with Crippen molar-refractivity contribution in [2.24, 2.45) is 17.8 Å². The maximum Gasteiger partial charge on any atom is 0.131 e. The molecule has 2 saturated carbocycles. The zero-order valence-electron chi connectivity index (χ0n) is 16.1. The zero-order valence-corrected chi connectivity index (χ0v) is 16.1. The van der Waals surface area contributed by atoms with E-state index >= 15 is 0 Å². The van der Waals surface area contributed by atoms with Gasteiger partial charge in [0.25, 0.3) is 0 Å². The van der Waals surface area contributed by atoms with E-state index < -0.39 is 0 Å². The molecule has 4 atom stereocenters. The van der Waals surface area contributed by atoms with Gasteiger partial charge >= 0.3 is 0 Å². The first-order chi connectivity index (χ1) is 13.0. The summed E-state index contributed by atoms with van der Waals surface area (Å²) in [5.41, 5.74) is 2.78. The molecule has 27 heavy (non-hydrogen) atoms. The van der Waals surface area contributed by atoms with Gasteiger partial charge < -0.3 is 0 Å². The first kappa shape index (κ1) is 18.4. The van der Waals surface area contributed by atoms with E-state index in [2.05, 4.69) is 18.7 Å². The Morgan fingerprint density at radius 1 is 0.889 bits per heavy atom. The third-order valence-electron chi connectivity index (χ3n) is 6.93. The van der Waals surface area contributed by atoms with Crippen molar-refractivity contribution in [2.45, 2.75) is 51.4 Å². The van der Waals surface area contributed by atoms with Crippen LogP contribution in [0, 0.1) is 36.3 Å². The van der Waals surface area contributed by atoms with E-state index in [1.54, 1.807) is 25.1 Å². The van der Waals surface area contributed by atoms with Crippen LogP contribution in [-0.4, -0.2) is 0 Å². The van der Waals surface area contributed by atoms with Gasteiger partial charge in [0.15, 0.2) is 0 Å². The minimum atomic E-state index is -0.288. The monoisotopic (exact) mass is 366 g/mol. The van der Waals surface area contributed by atoms with E-state index in [0.717, 1.165) is 23.8 Å². The molecule has 142 valence electrons. The molecule has 4 rings (SSSR count). The molecule has 0 heterocycles. The molecule has 4 unspecified atom stereocenters. The van der Waals surface area contributed by atoms with Gasteiger partial charge in [-0.15, -0.1) is 6.58 Å². The Kier molecular flexibility index (Phi) is 5.16. The first-order valence-corrected chi connectivity index (χ1v) is 10.2. The lowest BCUT2D eigenvalue weighted by molar-refractivity contribution is 0.133. The SMILES string of the molecule is C=CC1CCC2CC(c3ccc(-c4ccc(C)c(F)c4)c(F)c3)CCC2C1. The summed E-state index contributed by atoms with van der Waals surface area (Å²) >= 11 is 0. The maximum absolute atomic E-state index is 14.8. The molecule has 0 spiro atoms. The first-order valence-electron chi connectivity index (χ1n) is 10.2. The maximum atomic E-state index is 14.8. The molecular formula is C25H28F2. The van der Waals surface area contributed by atoms with Gasteiger partial charge in [0.2, 0.25) is 0 Å². The second kappa shape index (κ2) is 7.58. The molecule has 0 bridgehead atoms. The van der Waals surface area contributed by atoms with Crippen LogP contribution in [0.2, 0.25) is 0 Å². The molecule has 0 nitrogen and oxygen atoms in total. The van der Waals surface area contributed by atoms with Crippen molar-refractivity contribution in [3.63, 3.8) is 0 Å². The van der Waals surface area contributed by atoms with Crippen LogP contribution < -0.4 is 0 Å². The average molecular weight is 366 g/mol. The lowest BCUT2D eigenvalue weighted by atomic mass is 9.64. The van der Waals surface area contributed by atoms with Crippen molar-refractivity contribution in [3.05, 3.63) is 71.8 Å². The van der Waals surface area contributed by atoms with Crippen molar-refractivity contribution in [1.29, 1.82) is 0 Å². The van der Waals surface area contributed by atoms with E-state index in [9.17, 15) is 8.78 Å². The Morgan fingerprint density at radius 2 is 1.67 bits per heavy atom. The summed E-state index contributed by atoms with van der Waals surface area (Å²) < 4.78 is 28.7. The lowest BCUT2D eigenvalue weighted by Gasteiger charge is -2.41. The summed E-state index contributed by atoms with van der Waals surface area (Å²) in [5.74, 6) is 2.20. The summed E-state index contributed by atoms with van der Waals surface area (Å²) in [6.07, 6.45) is 9.50. The Bertz CT molecular complexity index is 838. The Labute approximate surface area is 161 Å². The van der Waals surface area contributed by atoms with Gasteiger partial charge in [-0.1, -0.05) is 30.3 Å². The molecule has 0 radical (unpaired) electrons. The van der Waals surface area contributed by atoms with Gasteiger partial charge in [0, 0.05) is 5.56 Å². The quantitative estimate of drug-likeness (QED) is 0.496. The summed E-state index contributed by atoms with van der Waals surface area (Å²) in [7, 11) is 0. The molecule has 2 aromatic rings. The van der Waals surface area contributed by atoms with Crippen molar-refractivity contribution >= 4 is 0 Å². The van der Waals surface area contributed by atoms with E-state index in [0.29, 0.717) is 28.5 Å². The van der Waals surface area contributed by atoms with Crippen molar-refractivity contribution in [3.8, 4) is 11.1 Å². The summed E-state index contributed by atoms with van der Waals surface area (Å²) in [4.78, 5) is 0. The molecule has 2 fully saturated rings. The summed E-state index contributed by atoms with van der Waals surface area (Å²) in [5, 5.41) is 0. The minimum Gasteiger partial charge on any atom is -0.207 e. The third kappa shape index (κ3) is 3.72. The van der Waals surface area contributed by atoms with Crippen LogP contribution in [0.4, 0.5) is 8.78 Å². The minimum absolute atomic E-state index is 0.242. The second-order valence-electron chi connectivity index (χ2n) is 8.54.